The van der Waals surface area contributed by atoms with E-state index in [9.17, 15) is 4.39 Å². The van der Waals surface area contributed by atoms with Crippen molar-refractivity contribution in [2.24, 2.45) is 0 Å². The first-order valence-electron chi connectivity index (χ1n) is 5.89. The van der Waals surface area contributed by atoms with Gasteiger partial charge in [0.2, 0.25) is 5.95 Å². The number of aryl methyl sites for hydroxylation is 1. The molecule has 2 rings (SSSR count). The summed E-state index contributed by atoms with van der Waals surface area (Å²) in [5.74, 6) is 0.854. The van der Waals surface area contributed by atoms with Crippen LogP contribution in [0, 0.1) is 12.7 Å². The number of benzene rings is 1. The van der Waals surface area contributed by atoms with Gasteiger partial charge in [0.05, 0.1) is 4.47 Å². The largest absolute Gasteiger partial charge is 0.354 e. The molecule has 0 atom stereocenters. The molecule has 0 aliphatic rings. The molecule has 0 fully saturated rings. The van der Waals surface area contributed by atoms with Crippen molar-refractivity contribution in [3.05, 3.63) is 40.2 Å². The molecule has 0 unspecified atom stereocenters. The fourth-order valence-electron chi connectivity index (χ4n) is 1.59. The van der Waals surface area contributed by atoms with E-state index in [-0.39, 0.29) is 5.82 Å². The Hall–Kier alpha value is -1.69. The zero-order valence-corrected chi connectivity index (χ0v) is 12.3. The highest BCUT2D eigenvalue weighted by Crippen LogP contribution is 2.26. The summed E-state index contributed by atoms with van der Waals surface area (Å²) in [5.41, 5.74) is 1.61. The third-order valence-corrected chi connectivity index (χ3v) is 3.13. The van der Waals surface area contributed by atoms with Crippen LogP contribution in [0.3, 0.4) is 0 Å². The van der Waals surface area contributed by atoms with E-state index < -0.39 is 0 Å². The maximum Gasteiger partial charge on any atom is 0.224 e. The van der Waals surface area contributed by atoms with Crippen molar-refractivity contribution in [2.45, 2.75) is 13.8 Å². The number of nitrogens with zero attached hydrogens (tertiary/aromatic N) is 2. The van der Waals surface area contributed by atoms with E-state index in [1.807, 2.05) is 13.8 Å². The molecule has 1 heterocycles. The van der Waals surface area contributed by atoms with Crippen LogP contribution in [-0.4, -0.2) is 16.5 Å². The second kappa shape index (κ2) is 5.97. The normalized spacial score (nSPS) is 10.3. The number of nitrogens with one attached hydrogen (secondary N) is 2. The van der Waals surface area contributed by atoms with Crippen LogP contribution in [0.25, 0.3) is 0 Å². The van der Waals surface area contributed by atoms with Crippen molar-refractivity contribution < 1.29 is 4.39 Å². The van der Waals surface area contributed by atoms with E-state index in [2.05, 4.69) is 36.5 Å². The zero-order valence-electron chi connectivity index (χ0n) is 10.7. The van der Waals surface area contributed by atoms with Gasteiger partial charge in [-0.3, -0.25) is 0 Å². The van der Waals surface area contributed by atoms with E-state index in [1.165, 1.54) is 6.07 Å². The molecule has 1 aromatic heterocycles. The third kappa shape index (κ3) is 3.41. The minimum atomic E-state index is -0.311. The predicted molar refractivity (Wildman–Crippen MR) is 78.3 cm³/mol. The molecular weight excluding hydrogens is 311 g/mol. The van der Waals surface area contributed by atoms with Crippen LogP contribution >= 0.6 is 15.9 Å². The Kier molecular flexibility index (Phi) is 4.31. The predicted octanol–water partition coefficient (Wildman–Crippen LogP) is 3.86. The van der Waals surface area contributed by atoms with Gasteiger partial charge in [-0.05, 0) is 53.5 Å². The van der Waals surface area contributed by atoms with Crippen molar-refractivity contribution in [3.8, 4) is 0 Å². The molecule has 0 bridgehead atoms. The van der Waals surface area contributed by atoms with Crippen molar-refractivity contribution in [2.75, 3.05) is 17.2 Å². The Bertz CT molecular complexity index is 589. The van der Waals surface area contributed by atoms with Gasteiger partial charge >= 0.3 is 0 Å². The Morgan fingerprint density at radius 3 is 2.89 bits per heavy atom. The molecule has 4 nitrogen and oxygen atoms in total. The quantitative estimate of drug-likeness (QED) is 0.896. The van der Waals surface area contributed by atoms with Crippen LogP contribution < -0.4 is 10.6 Å². The Labute approximate surface area is 119 Å². The lowest BCUT2D eigenvalue weighted by molar-refractivity contribution is 0.621. The van der Waals surface area contributed by atoms with Gasteiger partial charge in [-0.1, -0.05) is 0 Å². The second-order valence-corrected chi connectivity index (χ2v) is 4.86. The molecule has 6 heteroatoms. The molecule has 0 amide bonds. The molecule has 0 spiro atoms. The van der Waals surface area contributed by atoms with Gasteiger partial charge in [-0.25, -0.2) is 9.37 Å². The van der Waals surface area contributed by atoms with Crippen molar-refractivity contribution in [3.63, 3.8) is 0 Å². The molecule has 0 aliphatic heterocycles. The second-order valence-electron chi connectivity index (χ2n) is 4.00. The fraction of sp³-hybridized carbons (Fsp3) is 0.231. The topological polar surface area (TPSA) is 49.8 Å². The first-order valence-corrected chi connectivity index (χ1v) is 6.69. The van der Waals surface area contributed by atoms with Crippen LogP contribution in [0.1, 0.15) is 12.5 Å². The summed E-state index contributed by atoms with van der Waals surface area (Å²) in [6.45, 7) is 4.62. The summed E-state index contributed by atoms with van der Waals surface area (Å²) >= 11 is 3.16. The summed E-state index contributed by atoms with van der Waals surface area (Å²) in [5, 5.41) is 6.11. The van der Waals surface area contributed by atoms with Gasteiger partial charge < -0.3 is 10.6 Å². The van der Waals surface area contributed by atoms with Gasteiger partial charge in [-0.15, -0.1) is 0 Å². The number of hydrogen-bond acceptors (Lipinski definition) is 4. The lowest BCUT2D eigenvalue weighted by Crippen LogP contribution is -2.04. The minimum Gasteiger partial charge on any atom is -0.354 e. The summed E-state index contributed by atoms with van der Waals surface area (Å²) in [4.78, 5) is 8.36. The molecule has 1 aromatic carbocycles. The van der Waals surface area contributed by atoms with Gasteiger partial charge in [0.1, 0.15) is 11.6 Å². The standard InChI is InChI=1S/C13H14BrFN4/c1-3-16-13-17-5-4-12(19-13)18-11-7-10(15)9(14)6-8(11)2/h4-7H,3H2,1-2H3,(H2,16,17,18,19). The lowest BCUT2D eigenvalue weighted by atomic mass is 10.2. The lowest BCUT2D eigenvalue weighted by Gasteiger charge is -2.10. The molecule has 0 saturated carbocycles. The van der Waals surface area contributed by atoms with Gasteiger partial charge in [0.25, 0.3) is 0 Å². The van der Waals surface area contributed by atoms with Crippen LogP contribution in [-0.2, 0) is 0 Å². The number of hydrogen-bond donors (Lipinski definition) is 2. The number of anilines is 3. The molecule has 0 saturated heterocycles. The summed E-state index contributed by atoms with van der Waals surface area (Å²) in [7, 11) is 0. The number of aromatic nitrogens is 2. The van der Waals surface area contributed by atoms with Crippen LogP contribution in [0.2, 0.25) is 0 Å². The molecular formula is C13H14BrFN4. The zero-order chi connectivity index (χ0) is 13.8. The summed E-state index contributed by atoms with van der Waals surface area (Å²) in [6, 6.07) is 4.90. The van der Waals surface area contributed by atoms with Crippen molar-refractivity contribution >= 4 is 33.4 Å². The van der Waals surface area contributed by atoms with Crippen molar-refractivity contribution in [1.82, 2.24) is 9.97 Å². The first kappa shape index (κ1) is 13.7. The maximum atomic E-state index is 13.5. The van der Waals surface area contributed by atoms with Crippen LogP contribution in [0.4, 0.5) is 21.8 Å². The maximum absolute atomic E-state index is 13.5. The molecule has 0 radical (unpaired) electrons. The highest BCUT2D eigenvalue weighted by molar-refractivity contribution is 9.10. The monoisotopic (exact) mass is 324 g/mol. The Balaban J connectivity index is 2.25. The van der Waals surface area contributed by atoms with E-state index in [0.29, 0.717) is 21.9 Å². The summed E-state index contributed by atoms with van der Waals surface area (Å²) < 4.78 is 14.0. The molecule has 2 N–H and O–H groups in total. The van der Waals surface area contributed by atoms with E-state index in [1.54, 1.807) is 18.3 Å². The highest BCUT2D eigenvalue weighted by Gasteiger charge is 2.06. The van der Waals surface area contributed by atoms with E-state index in [0.717, 1.165) is 12.1 Å². The molecule has 19 heavy (non-hydrogen) atoms. The average Bonchev–Trinajstić information content (AvgIpc) is 2.37. The van der Waals surface area contributed by atoms with Gasteiger partial charge in [0.15, 0.2) is 0 Å². The van der Waals surface area contributed by atoms with E-state index in [4.69, 9.17) is 0 Å². The van der Waals surface area contributed by atoms with Crippen LogP contribution in [0.15, 0.2) is 28.9 Å². The van der Waals surface area contributed by atoms with Crippen LogP contribution in [0.5, 0.6) is 0 Å². The van der Waals surface area contributed by atoms with E-state index >= 15 is 0 Å². The molecule has 2 aromatic rings. The summed E-state index contributed by atoms with van der Waals surface area (Å²) in [6.07, 6.45) is 1.65. The molecule has 0 aliphatic carbocycles. The fourth-order valence-corrected chi connectivity index (χ4v) is 2.05. The highest BCUT2D eigenvalue weighted by atomic mass is 79.9. The van der Waals surface area contributed by atoms with Crippen molar-refractivity contribution in [1.29, 1.82) is 0 Å². The Morgan fingerprint density at radius 2 is 2.16 bits per heavy atom. The van der Waals surface area contributed by atoms with Gasteiger partial charge in [-0.2, -0.15) is 4.98 Å². The number of rotatable bonds is 4. The SMILES string of the molecule is CCNc1nccc(Nc2cc(F)c(Br)cc2C)n1. The average molecular weight is 325 g/mol. The number of halogens is 2. The third-order valence-electron chi connectivity index (χ3n) is 2.52. The molecule has 100 valence electrons. The van der Waals surface area contributed by atoms with Gasteiger partial charge in [0, 0.05) is 18.4 Å². The Morgan fingerprint density at radius 1 is 1.37 bits per heavy atom. The minimum absolute atomic E-state index is 0.311. The first-order chi connectivity index (χ1) is 9.10. The smallest absolute Gasteiger partial charge is 0.224 e.